The van der Waals surface area contributed by atoms with Gasteiger partial charge in [-0.3, -0.25) is 0 Å². The van der Waals surface area contributed by atoms with Crippen LogP contribution in [0.4, 0.5) is 0 Å². The minimum Gasteiger partial charge on any atom is -0.507 e. The molecule has 0 bridgehead atoms. The SMILES string of the molecule is CCCn1c(COC(=O)c2cc(C)ccc2O)nc2cc(S(=O)(=O)N3CCOCC3)ccc21. The van der Waals surface area contributed by atoms with E-state index in [1.165, 1.54) is 10.4 Å². The fraction of sp³-hybridized carbons (Fsp3) is 0.391. The van der Waals surface area contributed by atoms with Gasteiger partial charge >= 0.3 is 5.97 Å². The van der Waals surface area contributed by atoms with Crippen LogP contribution in [-0.2, 0) is 32.6 Å². The third-order valence-electron chi connectivity index (χ3n) is 5.56. The number of phenols is 1. The van der Waals surface area contributed by atoms with Crippen molar-refractivity contribution >= 4 is 27.0 Å². The lowest BCUT2D eigenvalue weighted by molar-refractivity contribution is 0.0455. The summed E-state index contributed by atoms with van der Waals surface area (Å²) >= 11 is 0. The van der Waals surface area contributed by atoms with Crippen molar-refractivity contribution in [2.45, 2.75) is 38.3 Å². The first-order valence-corrected chi connectivity index (χ1v) is 12.3. The molecule has 0 amide bonds. The van der Waals surface area contributed by atoms with Crippen LogP contribution >= 0.6 is 0 Å². The quantitative estimate of drug-likeness (QED) is 0.525. The largest absolute Gasteiger partial charge is 0.507 e. The van der Waals surface area contributed by atoms with Crippen molar-refractivity contribution in [1.29, 1.82) is 0 Å². The molecule has 3 aromatic rings. The first-order valence-electron chi connectivity index (χ1n) is 10.8. The van der Waals surface area contributed by atoms with Crippen molar-refractivity contribution in [3.05, 3.63) is 53.3 Å². The van der Waals surface area contributed by atoms with E-state index in [9.17, 15) is 18.3 Å². The van der Waals surface area contributed by atoms with Gasteiger partial charge in [0.25, 0.3) is 0 Å². The van der Waals surface area contributed by atoms with Crippen LogP contribution in [0.3, 0.4) is 0 Å². The zero-order chi connectivity index (χ0) is 23.6. The number of fused-ring (bicyclic) bond motifs is 1. The van der Waals surface area contributed by atoms with Crippen molar-refractivity contribution < 1.29 is 27.8 Å². The Bertz CT molecular complexity index is 1280. The number of carbonyl (C=O) groups excluding carboxylic acids is 1. The highest BCUT2D eigenvalue weighted by atomic mass is 32.2. The molecule has 1 fully saturated rings. The van der Waals surface area contributed by atoms with Crippen molar-refractivity contribution in [2.24, 2.45) is 0 Å². The van der Waals surface area contributed by atoms with E-state index < -0.39 is 16.0 Å². The Hall–Kier alpha value is -2.95. The van der Waals surface area contributed by atoms with Gasteiger partial charge in [0.05, 0.1) is 29.1 Å². The third-order valence-corrected chi connectivity index (χ3v) is 7.45. The Morgan fingerprint density at radius 3 is 2.67 bits per heavy atom. The molecule has 2 heterocycles. The maximum atomic E-state index is 13.0. The number of imidazole rings is 1. The highest BCUT2D eigenvalue weighted by Gasteiger charge is 2.27. The molecule has 0 atom stereocenters. The molecule has 9 nitrogen and oxygen atoms in total. The average molecular weight is 474 g/mol. The van der Waals surface area contributed by atoms with Gasteiger partial charge in [-0.05, 0) is 43.7 Å². The molecular formula is C23H27N3O6S. The van der Waals surface area contributed by atoms with Crippen molar-refractivity contribution in [3.63, 3.8) is 0 Å². The fourth-order valence-electron chi connectivity index (χ4n) is 3.86. The Balaban J connectivity index is 1.62. The van der Waals surface area contributed by atoms with Crippen LogP contribution < -0.4 is 0 Å². The predicted molar refractivity (Wildman–Crippen MR) is 122 cm³/mol. The topological polar surface area (TPSA) is 111 Å². The predicted octanol–water partition coefficient (Wildman–Crippen LogP) is 2.84. The van der Waals surface area contributed by atoms with E-state index in [0.717, 1.165) is 17.5 Å². The number of hydrogen-bond donors (Lipinski definition) is 1. The van der Waals surface area contributed by atoms with E-state index in [-0.39, 0.29) is 22.8 Å². The first kappa shape index (κ1) is 23.2. The number of benzene rings is 2. The molecule has 2 aromatic carbocycles. The Labute approximate surface area is 192 Å². The molecule has 1 N–H and O–H groups in total. The summed E-state index contributed by atoms with van der Waals surface area (Å²) in [6.07, 6.45) is 0.818. The molecule has 10 heteroatoms. The van der Waals surface area contributed by atoms with E-state index in [1.807, 2.05) is 18.4 Å². The van der Waals surface area contributed by atoms with Gasteiger partial charge in [-0.1, -0.05) is 18.6 Å². The molecule has 0 aliphatic carbocycles. The molecule has 1 aromatic heterocycles. The number of aryl methyl sites for hydroxylation is 2. The van der Waals surface area contributed by atoms with E-state index in [0.29, 0.717) is 44.2 Å². The molecule has 0 saturated carbocycles. The van der Waals surface area contributed by atoms with Gasteiger partial charge in [-0.25, -0.2) is 18.2 Å². The summed E-state index contributed by atoms with van der Waals surface area (Å²) < 4.78 is 40.1. The van der Waals surface area contributed by atoms with Gasteiger partial charge in [0.1, 0.15) is 23.7 Å². The molecule has 0 unspecified atom stereocenters. The van der Waals surface area contributed by atoms with Crippen LogP contribution in [-0.4, -0.2) is 59.7 Å². The molecule has 1 aliphatic rings. The molecule has 1 aliphatic heterocycles. The maximum Gasteiger partial charge on any atom is 0.342 e. The Kier molecular flexibility index (Phi) is 6.68. The first-order chi connectivity index (χ1) is 15.8. The van der Waals surface area contributed by atoms with E-state index in [1.54, 1.807) is 30.3 Å². The van der Waals surface area contributed by atoms with E-state index in [4.69, 9.17) is 9.47 Å². The number of sulfonamides is 1. The molecular weight excluding hydrogens is 446 g/mol. The van der Waals surface area contributed by atoms with Crippen LogP contribution in [0.25, 0.3) is 11.0 Å². The highest BCUT2D eigenvalue weighted by molar-refractivity contribution is 7.89. The summed E-state index contributed by atoms with van der Waals surface area (Å²) in [5, 5.41) is 9.98. The number of aromatic nitrogens is 2. The number of morpholine rings is 1. The lowest BCUT2D eigenvalue weighted by Gasteiger charge is -2.26. The maximum absolute atomic E-state index is 13.0. The zero-order valence-electron chi connectivity index (χ0n) is 18.7. The van der Waals surface area contributed by atoms with Crippen molar-refractivity contribution in [1.82, 2.24) is 13.9 Å². The second-order valence-corrected chi connectivity index (χ2v) is 9.88. The second-order valence-electron chi connectivity index (χ2n) is 7.94. The number of hydrogen-bond acceptors (Lipinski definition) is 7. The number of esters is 1. The monoisotopic (exact) mass is 473 g/mol. The summed E-state index contributed by atoms with van der Waals surface area (Å²) in [5.41, 5.74) is 2.20. The van der Waals surface area contributed by atoms with Crippen molar-refractivity contribution in [3.8, 4) is 5.75 Å². The molecule has 0 spiro atoms. The summed E-state index contributed by atoms with van der Waals surface area (Å²) in [6, 6.07) is 9.61. The lowest BCUT2D eigenvalue weighted by Crippen LogP contribution is -2.40. The molecule has 0 radical (unpaired) electrons. The fourth-order valence-corrected chi connectivity index (χ4v) is 5.29. The number of phenolic OH excluding ortho intramolecular Hbond substituents is 1. The normalized spacial score (nSPS) is 15.1. The van der Waals surface area contributed by atoms with Gasteiger partial charge in [-0.2, -0.15) is 4.31 Å². The van der Waals surface area contributed by atoms with Crippen LogP contribution in [0.15, 0.2) is 41.3 Å². The molecule has 33 heavy (non-hydrogen) atoms. The van der Waals surface area contributed by atoms with Crippen molar-refractivity contribution in [2.75, 3.05) is 26.3 Å². The number of aromatic hydroxyl groups is 1. The average Bonchev–Trinajstić information content (AvgIpc) is 3.16. The summed E-state index contributed by atoms with van der Waals surface area (Å²) in [6.45, 7) is 5.75. The Morgan fingerprint density at radius 1 is 1.18 bits per heavy atom. The van der Waals surface area contributed by atoms with Gasteiger partial charge in [-0.15, -0.1) is 0 Å². The highest BCUT2D eigenvalue weighted by Crippen LogP contribution is 2.25. The lowest BCUT2D eigenvalue weighted by atomic mass is 10.1. The number of ether oxygens (including phenoxy) is 2. The molecule has 176 valence electrons. The molecule has 1 saturated heterocycles. The van der Waals surface area contributed by atoms with Crippen LogP contribution in [0.2, 0.25) is 0 Å². The van der Waals surface area contributed by atoms with Gasteiger partial charge in [0.2, 0.25) is 10.0 Å². The summed E-state index contributed by atoms with van der Waals surface area (Å²) in [4.78, 5) is 17.3. The Morgan fingerprint density at radius 2 is 1.94 bits per heavy atom. The van der Waals surface area contributed by atoms with Gasteiger partial charge < -0.3 is 19.1 Å². The molecule has 4 rings (SSSR count). The summed E-state index contributed by atoms with van der Waals surface area (Å²) in [7, 11) is -3.65. The van der Waals surface area contributed by atoms with Crippen LogP contribution in [0.1, 0.15) is 35.1 Å². The number of carbonyl (C=O) groups is 1. The number of nitrogens with zero attached hydrogens (tertiary/aromatic N) is 3. The third kappa shape index (κ3) is 4.73. The minimum absolute atomic E-state index is 0.0899. The van der Waals surface area contributed by atoms with E-state index >= 15 is 0 Å². The van der Waals surface area contributed by atoms with E-state index in [2.05, 4.69) is 4.98 Å². The summed E-state index contributed by atoms with van der Waals surface area (Å²) in [5.74, 6) is -0.291. The standard InChI is InChI=1S/C23H27N3O6S/c1-3-8-26-20-6-5-17(33(29,30)25-9-11-31-12-10-25)14-19(20)24-22(26)15-32-23(28)18-13-16(2)4-7-21(18)27/h4-7,13-14,27H,3,8-12,15H2,1-2H3. The smallest absolute Gasteiger partial charge is 0.342 e. The van der Waals surface area contributed by atoms with Gasteiger partial charge in [0.15, 0.2) is 0 Å². The zero-order valence-corrected chi connectivity index (χ0v) is 19.5. The van der Waals surface area contributed by atoms with Crippen LogP contribution in [0, 0.1) is 6.92 Å². The number of rotatable bonds is 7. The minimum atomic E-state index is -3.65. The van der Waals surface area contributed by atoms with Crippen LogP contribution in [0.5, 0.6) is 5.75 Å². The second kappa shape index (κ2) is 9.50. The van der Waals surface area contributed by atoms with Gasteiger partial charge in [0, 0.05) is 19.6 Å².